The minimum absolute atomic E-state index is 0.0440. The zero-order chi connectivity index (χ0) is 43.2. The van der Waals surface area contributed by atoms with Crippen LogP contribution in [0, 0.1) is 5.92 Å². The number of ether oxygens (including phenoxy) is 3. The van der Waals surface area contributed by atoms with Crippen molar-refractivity contribution in [1.29, 1.82) is 0 Å². The molecule has 1 amide bonds. The highest BCUT2D eigenvalue weighted by Crippen LogP contribution is 2.34. The fourth-order valence-electron chi connectivity index (χ4n) is 8.59. The number of phenolic OH excluding ortho intramolecular Hbond substituents is 1. The SMILES string of the molecule is COc1cc(CNC(=O)c2cc(COc3cccc([C@@H](CC(=O)O[C@H]4CN5CCC4CC5)c4ccccc4)c3)n(C)n2)ccc1CNC[C@H](O)c1ccc(O)c2[nH]c(=O)ccc12. The van der Waals surface area contributed by atoms with E-state index in [0.29, 0.717) is 40.6 Å². The maximum Gasteiger partial charge on any atom is 0.307 e. The summed E-state index contributed by atoms with van der Waals surface area (Å²) in [5.74, 6) is 0.891. The number of carbonyl (C=O) groups is 2. The molecule has 0 saturated carbocycles. The van der Waals surface area contributed by atoms with Crippen molar-refractivity contribution in [3.63, 3.8) is 0 Å². The van der Waals surface area contributed by atoms with Crippen molar-refractivity contribution >= 4 is 22.8 Å². The molecule has 3 aliphatic rings. The van der Waals surface area contributed by atoms with E-state index in [2.05, 4.69) is 25.6 Å². The van der Waals surface area contributed by atoms with Crippen LogP contribution in [-0.2, 0) is 36.3 Å². The molecule has 14 nitrogen and oxygen atoms in total. The van der Waals surface area contributed by atoms with E-state index in [1.54, 1.807) is 37.0 Å². The maximum atomic E-state index is 13.4. The van der Waals surface area contributed by atoms with Crippen LogP contribution in [0.4, 0.5) is 0 Å². The monoisotopic (exact) mass is 840 g/mol. The largest absolute Gasteiger partial charge is 0.506 e. The second kappa shape index (κ2) is 19.1. The van der Waals surface area contributed by atoms with E-state index in [-0.39, 0.29) is 72.5 Å². The number of fused-ring (bicyclic) bond motifs is 4. The summed E-state index contributed by atoms with van der Waals surface area (Å²) in [5.41, 5.74) is 5.12. The molecule has 5 heterocycles. The average molecular weight is 841 g/mol. The highest BCUT2D eigenvalue weighted by molar-refractivity contribution is 5.92. The lowest BCUT2D eigenvalue weighted by Gasteiger charge is -2.44. The molecular formula is C48H52N6O8. The van der Waals surface area contributed by atoms with Gasteiger partial charge in [-0.3, -0.25) is 24.0 Å². The quantitative estimate of drug-likeness (QED) is 0.0736. The summed E-state index contributed by atoms with van der Waals surface area (Å²) in [7, 11) is 3.34. The molecule has 3 fully saturated rings. The van der Waals surface area contributed by atoms with E-state index in [9.17, 15) is 24.6 Å². The summed E-state index contributed by atoms with van der Waals surface area (Å²) in [6.45, 7) is 4.00. The third-order valence-corrected chi connectivity index (χ3v) is 12.0. The second-order valence-electron chi connectivity index (χ2n) is 16.1. The number of aromatic nitrogens is 3. The van der Waals surface area contributed by atoms with Gasteiger partial charge in [0.2, 0.25) is 5.56 Å². The van der Waals surface area contributed by atoms with E-state index in [1.165, 1.54) is 12.1 Å². The molecule has 14 heteroatoms. The Balaban J connectivity index is 0.845. The van der Waals surface area contributed by atoms with E-state index in [1.807, 2.05) is 72.8 Å². The van der Waals surface area contributed by atoms with Crippen molar-refractivity contribution in [3.05, 3.63) is 153 Å². The number of aryl methyl sites for hydroxylation is 1. The Morgan fingerprint density at radius 1 is 0.935 bits per heavy atom. The number of nitrogens with zero attached hydrogens (tertiary/aromatic N) is 3. The number of methoxy groups -OCH3 is 1. The van der Waals surface area contributed by atoms with Gasteiger partial charge in [0.05, 0.1) is 30.8 Å². The number of aromatic hydroxyl groups is 1. The summed E-state index contributed by atoms with van der Waals surface area (Å²) >= 11 is 0. The summed E-state index contributed by atoms with van der Waals surface area (Å²) in [6, 6.07) is 31.2. The molecule has 0 radical (unpaired) electrons. The summed E-state index contributed by atoms with van der Waals surface area (Å²) in [4.78, 5) is 43.4. The number of pyridine rings is 1. The number of carbonyl (C=O) groups excluding carboxylic acids is 2. The normalized spacial score (nSPS) is 18.0. The highest BCUT2D eigenvalue weighted by Gasteiger charge is 2.37. The molecule has 2 bridgehead atoms. The van der Waals surface area contributed by atoms with Crippen molar-refractivity contribution in [3.8, 4) is 17.2 Å². The number of aliphatic hydroxyl groups is 1. The van der Waals surface area contributed by atoms with Crippen LogP contribution in [0.25, 0.3) is 10.9 Å². The van der Waals surface area contributed by atoms with E-state index < -0.39 is 6.10 Å². The predicted octanol–water partition coefficient (Wildman–Crippen LogP) is 5.47. The summed E-state index contributed by atoms with van der Waals surface area (Å²) < 4.78 is 19.6. The van der Waals surface area contributed by atoms with Gasteiger partial charge in [-0.2, -0.15) is 5.10 Å². The second-order valence-corrected chi connectivity index (χ2v) is 16.1. The zero-order valence-corrected chi connectivity index (χ0v) is 34.9. The van der Waals surface area contributed by atoms with Crippen LogP contribution in [-0.4, -0.2) is 81.1 Å². The fourth-order valence-corrected chi connectivity index (χ4v) is 8.59. The van der Waals surface area contributed by atoms with Crippen LogP contribution < -0.4 is 25.7 Å². The molecule has 3 aliphatic heterocycles. The number of hydrogen-bond acceptors (Lipinski definition) is 11. The molecule has 3 atom stereocenters. The van der Waals surface area contributed by atoms with E-state index >= 15 is 0 Å². The third kappa shape index (κ3) is 9.83. The van der Waals surface area contributed by atoms with Crippen molar-refractivity contribution in [1.82, 2.24) is 30.3 Å². The topological polar surface area (TPSA) is 180 Å². The fraction of sp³-hybridized carbons (Fsp3) is 0.333. The highest BCUT2D eigenvalue weighted by atomic mass is 16.5. The third-order valence-electron chi connectivity index (χ3n) is 12.0. The number of nitrogens with one attached hydrogen (secondary N) is 3. The van der Waals surface area contributed by atoms with Gasteiger partial charge in [0.25, 0.3) is 5.91 Å². The minimum Gasteiger partial charge on any atom is -0.506 e. The Hall–Kier alpha value is -6.48. The lowest BCUT2D eigenvalue weighted by Crippen LogP contribution is -2.52. The van der Waals surface area contributed by atoms with Crippen LogP contribution in [0.3, 0.4) is 0 Å². The van der Waals surface area contributed by atoms with Crippen LogP contribution in [0.1, 0.15) is 75.3 Å². The Morgan fingerprint density at radius 2 is 1.74 bits per heavy atom. The first-order valence-electron chi connectivity index (χ1n) is 21.0. The van der Waals surface area contributed by atoms with Gasteiger partial charge < -0.3 is 40.0 Å². The minimum atomic E-state index is -0.907. The molecule has 3 saturated heterocycles. The van der Waals surface area contributed by atoms with Gasteiger partial charge in [0.15, 0.2) is 5.69 Å². The molecule has 9 rings (SSSR count). The van der Waals surface area contributed by atoms with Crippen LogP contribution in [0.5, 0.6) is 17.2 Å². The van der Waals surface area contributed by atoms with E-state index in [4.69, 9.17) is 14.2 Å². The van der Waals surface area contributed by atoms with Crippen LogP contribution in [0.15, 0.2) is 108 Å². The number of rotatable bonds is 17. The standard InChI is InChI=1S/C48H52N6O8/c1-53-35(29-61-36-10-6-9-33(22-36)39(31-7-4-3-5-8-31)24-46(58)62-44-28-54-19-17-32(44)18-20-54)23-40(52-53)48(59)50-25-30-11-12-34(43(21-30)60-2)26-49-27-42(56)37-13-15-41(55)47-38(37)14-16-45(57)51-47/h3-16,21-23,32,39,42,44,49,55-56H,17-20,24-29H2,1-2H3,(H,50,59)(H,51,57)/t39-,42-,44-/m0/s1. The number of H-pyrrole nitrogens is 1. The Kier molecular flexibility index (Phi) is 13.0. The Labute approximate surface area is 359 Å². The Bertz CT molecular complexity index is 2580. The zero-order valence-electron chi connectivity index (χ0n) is 34.9. The first kappa shape index (κ1) is 42.2. The molecule has 322 valence electrons. The molecule has 0 aliphatic carbocycles. The predicted molar refractivity (Wildman–Crippen MR) is 233 cm³/mol. The lowest BCUT2D eigenvalue weighted by molar-refractivity contribution is -0.159. The number of phenols is 1. The van der Waals surface area contributed by atoms with Crippen molar-refractivity contribution in [2.45, 2.75) is 57.1 Å². The molecule has 2 aromatic heterocycles. The smallest absolute Gasteiger partial charge is 0.307 e. The van der Waals surface area contributed by atoms with Crippen molar-refractivity contribution in [2.75, 3.05) is 33.3 Å². The lowest BCUT2D eigenvalue weighted by atomic mass is 9.85. The number of amides is 1. The van der Waals surface area contributed by atoms with Crippen molar-refractivity contribution in [2.24, 2.45) is 13.0 Å². The molecule has 5 N–H and O–H groups in total. The number of hydrogen-bond donors (Lipinski definition) is 5. The van der Waals surface area contributed by atoms with Gasteiger partial charge in [-0.15, -0.1) is 0 Å². The first-order chi connectivity index (χ1) is 30.1. The van der Waals surface area contributed by atoms with Gasteiger partial charge in [-0.1, -0.05) is 60.7 Å². The van der Waals surface area contributed by atoms with Crippen LogP contribution >= 0.6 is 0 Å². The van der Waals surface area contributed by atoms with Gasteiger partial charge in [-0.05, 0) is 90.5 Å². The number of aliphatic hydroxyl groups excluding tert-OH is 1. The summed E-state index contributed by atoms with van der Waals surface area (Å²) in [6.07, 6.45) is 1.44. The van der Waals surface area contributed by atoms with E-state index in [0.717, 1.165) is 54.7 Å². The summed E-state index contributed by atoms with van der Waals surface area (Å²) in [5, 5.41) is 32.3. The Morgan fingerprint density at radius 3 is 2.52 bits per heavy atom. The number of aromatic amines is 1. The van der Waals surface area contributed by atoms with Gasteiger partial charge >= 0.3 is 5.97 Å². The number of piperidine rings is 3. The number of esters is 1. The van der Waals surface area contributed by atoms with Gasteiger partial charge in [0, 0.05) is 56.2 Å². The van der Waals surface area contributed by atoms with Gasteiger partial charge in [-0.25, -0.2) is 0 Å². The molecule has 4 aromatic carbocycles. The van der Waals surface area contributed by atoms with Crippen LogP contribution in [0.2, 0.25) is 0 Å². The molecule has 6 aromatic rings. The first-order valence-corrected chi connectivity index (χ1v) is 21.0. The van der Waals surface area contributed by atoms with Crippen molar-refractivity contribution < 1.29 is 34.0 Å². The average Bonchev–Trinajstić information content (AvgIpc) is 3.67. The van der Waals surface area contributed by atoms with Gasteiger partial charge in [0.1, 0.15) is 30.0 Å². The molecule has 0 unspecified atom stereocenters. The maximum absolute atomic E-state index is 13.4. The molecule has 62 heavy (non-hydrogen) atoms. The molecular weight excluding hydrogens is 789 g/mol. The number of benzene rings is 4. The molecule has 0 spiro atoms.